The molecule has 0 aromatic heterocycles. The van der Waals surface area contributed by atoms with Crippen molar-refractivity contribution in [3.8, 4) is 5.75 Å². The normalized spacial score (nSPS) is 15.2. The van der Waals surface area contributed by atoms with E-state index in [1.807, 2.05) is 73.6 Å². The minimum absolute atomic E-state index is 0.141. The summed E-state index contributed by atoms with van der Waals surface area (Å²) in [6.45, 7) is -0.141. The van der Waals surface area contributed by atoms with Gasteiger partial charge in [-0.25, -0.2) is 5.01 Å². The summed E-state index contributed by atoms with van der Waals surface area (Å²) in [6.07, 6.45) is 1.40. The average molecular weight is 428 g/mol. The molecule has 0 N–H and O–H groups in total. The van der Waals surface area contributed by atoms with Gasteiger partial charge in [-0.05, 0) is 47.5 Å². The third-order valence-corrected chi connectivity index (χ3v) is 5.45. The molecule has 0 aliphatic carbocycles. The standard InChI is InChI=1S/C26H25N3O3/c1-28(2)22-12-10-21(11-13-22)25-16-24(20-6-4-3-5-7-20)27-29(25)26(31)18-32-23-14-8-19(17-30)9-15-23/h3-15,17,25H,16,18H2,1-2H3. The molecule has 0 spiro atoms. The molecule has 6 nitrogen and oxygen atoms in total. The highest BCUT2D eigenvalue weighted by molar-refractivity contribution is 6.03. The summed E-state index contributed by atoms with van der Waals surface area (Å²) in [5, 5.41) is 6.21. The minimum atomic E-state index is -0.225. The van der Waals surface area contributed by atoms with Crippen LogP contribution in [0.15, 0.2) is 84.0 Å². The lowest BCUT2D eigenvalue weighted by Gasteiger charge is -2.23. The fourth-order valence-electron chi connectivity index (χ4n) is 3.65. The zero-order valence-electron chi connectivity index (χ0n) is 18.1. The van der Waals surface area contributed by atoms with Crippen LogP contribution in [0.1, 0.15) is 33.9 Å². The van der Waals surface area contributed by atoms with Gasteiger partial charge in [-0.3, -0.25) is 9.59 Å². The Hall–Kier alpha value is -3.93. The molecule has 1 heterocycles. The zero-order chi connectivity index (χ0) is 22.5. The molecule has 162 valence electrons. The van der Waals surface area contributed by atoms with E-state index in [9.17, 15) is 9.59 Å². The summed E-state index contributed by atoms with van der Waals surface area (Å²) in [7, 11) is 3.99. The number of hydrogen-bond donors (Lipinski definition) is 0. The summed E-state index contributed by atoms with van der Waals surface area (Å²) in [5.74, 6) is 0.305. The second kappa shape index (κ2) is 9.47. The summed E-state index contributed by atoms with van der Waals surface area (Å²) in [4.78, 5) is 26.0. The molecule has 1 unspecified atom stereocenters. The Balaban J connectivity index is 1.55. The monoisotopic (exact) mass is 427 g/mol. The van der Waals surface area contributed by atoms with Crippen molar-refractivity contribution in [2.75, 3.05) is 25.6 Å². The maximum Gasteiger partial charge on any atom is 0.281 e. The molecule has 0 saturated carbocycles. The Kier molecular flexibility index (Phi) is 6.31. The number of ether oxygens (including phenoxy) is 1. The lowest BCUT2D eigenvalue weighted by molar-refractivity contribution is -0.135. The molecule has 1 amide bonds. The molecule has 0 fully saturated rings. The van der Waals surface area contributed by atoms with E-state index in [1.54, 1.807) is 24.3 Å². The number of anilines is 1. The maximum absolute atomic E-state index is 13.1. The molecule has 0 bridgehead atoms. The highest BCUT2D eigenvalue weighted by Gasteiger charge is 2.33. The number of nitrogens with zero attached hydrogens (tertiary/aromatic N) is 3. The van der Waals surface area contributed by atoms with Crippen LogP contribution >= 0.6 is 0 Å². The van der Waals surface area contributed by atoms with Gasteiger partial charge >= 0.3 is 0 Å². The van der Waals surface area contributed by atoms with Gasteiger partial charge < -0.3 is 9.64 Å². The van der Waals surface area contributed by atoms with Crippen LogP contribution in [0.4, 0.5) is 5.69 Å². The van der Waals surface area contributed by atoms with Crippen molar-refractivity contribution in [1.29, 1.82) is 0 Å². The molecule has 0 radical (unpaired) electrons. The summed E-state index contributed by atoms with van der Waals surface area (Å²) in [5.41, 5.74) is 4.55. The Bertz CT molecular complexity index is 1110. The van der Waals surface area contributed by atoms with Gasteiger partial charge in [-0.1, -0.05) is 42.5 Å². The largest absolute Gasteiger partial charge is 0.484 e. The topological polar surface area (TPSA) is 62.2 Å². The molecule has 1 aliphatic rings. The second-order valence-corrected chi connectivity index (χ2v) is 7.83. The van der Waals surface area contributed by atoms with Crippen LogP contribution in [-0.4, -0.2) is 43.6 Å². The van der Waals surface area contributed by atoms with Gasteiger partial charge in [0.2, 0.25) is 0 Å². The van der Waals surface area contributed by atoms with E-state index >= 15 is 0 Å². The van der Waals surface area contributed by atoms with E-state index in [0.29, 0.717) is 17.7 Å². The Morgan fingerprint density at radius 3 is 2.34 bits per heavy atom. The zero-order valence-corrected chi connectivity index (χ0v) is 18.1. The third kappa shape index (κ3) is 4.70. The van der Waals surface area contributed by atoms with Crippen LogP contribution in [0.3, 0.4) is 0 Å². The molecule has 4 rings (SSSR count). The molecular formula is C26H25N3O3. The van der Waals surface area contributed by atoms with Gasteiger partial charge in [0.25, 0.3) is 5.91 Å². The van der Waals surface area contributed by atoms with Gasteiger partial charge in [0, 0.05) is 31.8 Å². The van der Waals surface area contributed by atoms with Crippen LogP contribution in [0.2, 0.25) is 0 Å². The quantitative estimate of drug-likeness (QED) is 0.527. The number of carbonyl (C=O) groups is 2. The van der Waals surface area contributed by atoms with Gasteiger partial charge in [0.15, 0.2) is 6.61 Å². The molecule has 0 saturated heterocycles. The summed E-state index contributed by atoms with van der Waals surface area (Å²) >= 11 is 0. The SMILES string of the molecule is CN(C)c1ccc(C2CC(c3ccccc3)=NN2C(=O)COc2ccc(C=O)cc2)cc1. The van der Waals surface area contributed by atoms with E-state index in [2.05, 4.69) is 5.10 Å². The lowest BCUT2D eigenvalue weighted by Crippen LogP contribution is -2.31. The highest BCUT2D eigenvalue weighted by atomic mass is 16.5. The number of aldehydes is 1. The Labute approximate surface area is 187 Å². The minimum Gasteiger partial charge on any atom is -0.484 e. The van der Waals surface area contributed by atoms with E-state index in [1.165, 1.54) is 5.01 Å². The van der Waals surface area contributed by atoms with Crippen molar-refractivity contribution in [2.24, 2.45) is 5.10 Å². The van der Waals surface area contributed by atoms with Crippen LogP contribution in [0, 0.1) is 0 Å². The number of carbonyl (C=O) groups excluding carboxylic acids is 2. The van der Waals surface area contributed by atoms with Gasteiger partial charge in [0.05, 0.1) is 11.8 Å². The van der Waals surface area contributed by atoms with Crippen molar-refractivity contribution in [2.45, 2.75) is 12.5 Å². The molecular weight excluding hydrogens is 402 g/mol. The van der Waals surface area contributed by atoms with Crippen LogP contribution in [0.25, 0.3) is 0 Å². The lowest BCUT2D eigenvalue weighted by atomic mass is 9.98. The fraction of sp³-hybridized carbons (Fsp3) is 0.192. The number of amides is 1. The predicted octanol–water partition coefficient (Wildman–Crippen LogP) is 4.32. The van der Waals surface area contributed by atoms with Gasteiger partial charge in [0.1, 0.15) is 12.0 Å². The van der Waals surface area contributed by atoms with Crippen LogP contribution in [-0.2, 0) is 4.79 Å². The molecule has 1 atom stereocenters. The van der Waals surface area contributed by atoms with Crippen molar-refractivity contribution in [3.63, 3.8) is 0 Å². The van der Waals surface area contributed by atoms with E-state index in [-0.39, 0.29) is 18.6 Å². The average Bonchev–Trinajstić information content (AvgIpc) is 3.29. The van der Waals surface area contributed by atoms with Gasteiger partial charge in [-0.15, -0.1) is 0 Å². The smallest absolute Gasteiger partial charge is 0.281 e. The van der Waals surface area contributed by atoms with Crippen molar-refractivity contribution in [3.05, 3.63) is 95.6 Å². The van der Waals surface area contributed by atoms with Crippen molar-refractivity contribution in [1.82, 2.24) is 5.01 Å². The van der Waals surface area contributed by atoms with E-state index in [0.717, 1.165) is 28.8 Å². The molecule has 3 aromatic carbocycles. The Morgan fingerprint density at radius 1 is 1.03 bits per heavy atom. The fourth-order valence-corrected chi connectivity index (χ4v) is 3.65. The highest BCUT2D eigenvalue weighted by Crippen LogP contribution is 2.33. The third-order valence-electron chi connectivity index (χ3n) is 5.45. The first kappa shape index (κ1) is 21.3. The number of benzene rings is 3. The predicted molar refractivity (Wildman–Crippen MR) is 125 cm³/mol. The van der Waals surface area contributed by atoms with Crippen molar-refractivity contribution < 1.29 is 14.3 Å². The first-order chi connectivity index (χ1) is 15.5. The van der Waals surface area contributed by atoms with E-state index in [4.69, 9.17) is 4.74 Å². The second-order valence-electron chi connectivity index (χ2n) is 7.83. The number of hydrazone groups is 1. The summed E-state index contributed by atoms with van der Waals surface area (Å²) < 4.78 is 5.67. The molecule has 6 heteroatoms. The maximum atomic E-state index is 13.1. The first-order valence-electron chi connectivity index (χ1n) is 10.5. The van der Waals surface area contributed by atoms with Crippen molar-refractivity contribution >= 4 is 23.6 Å². The number of rotatable bonds is 7. The number of hydrogen-bond acceptors (Lipinski definition) is 5. The van der Waals surface area contributed by atoms with Crippen LogP contribution in [0.5, 0.6) is 5.75 Å². The van der Waals surface area contributed by atoms with E-state index < -0.39 is 0 Å². The molecule has 3 aromatic rings. The van der Waals surface area contributed by atoms with Gasteiger partial charge in [-0.2, -0.15) is 5.10 Å². The molecule has 32 heavy (non-hydrogen) atoms. The Morgan fingerprint density at radius 2 is 1.72 bits per heavy atom. The first-order valence-corrected chi connectivity index (χ1v) is 10.5. The van der Waals surface area contributed by atoms with Crippen LogP contribution < -0.4 is 9.64 Å². The summed E-state index contributed by atoms with van der Waals surface area (Å²) in [6, 6.07) is 24.6. The molecule has 1 aliphatic heterocycles.